The minimum atomic E-state index is -4.63. The van der Waals surface area contributed by atoms with Crippen LogP contribution in [0.4, 0.5) is 26.3 Å². The Labute approximate surface area is 214 Å². The molecule has 0 spiro atoms. The highest BCUT2D eigenvalue weighted by Crippen LogP contribution is 2.27. The van der Waals surface area contributed by atoms with E-state index in [1.54, 1.807) is 37.3 Å². The molecular weight excluding hydrogens is 522 g/mol. The summed E-state index contributed by atoms with van der Waals surface area (Å²) in [4.78, 5) is 10.5. The van der Waals surface area contributed by atoms with E-state index < -0.39 is 31.5 Å². The summed E-state index contributed by atoms with van der Waals surface area (Å²) in [7, 11) is 0. The van der Waals surface area contributed by atoms with Gasteiger partial charge in [-0.1, -0.05) is 24.0 Å². The summed E-state index contributed by atoms with van der Waals surface area (Å²) < 4.78 is 94.8. The Morgan fingerprint density at radius 2 is 1.50 bits per heavy atom. The highest BCUT2D eigenvalue weighted by molar-refractivity contribution is 5.66. The minimum absolute atomic E-state index is 0.0858. The van der Waals surface area contributed by atoms with E-state index in [1.807, 2.05) is 0 Å². The van der Waals surface area contributed by atoms with Crippen molar-refractivity contribution in [2.75, 3.05) is 26.4 Å². The van der Waals surface area contributed by atoms with E-state index in [0.717, 1.165) is 23.8 Å². The number of aliphatic carboxylic acids is 1. The average molecular weight is 546 g/mol. The number of alkyl halides is 6. The molecule has 6 nitrogen and oxygen atoms in total. The van der Waals surface area contributed by atoms with Gasteiger partial charge in [-0.2, -0.15) is 26.3 Å². The van der Waals surface area contributed by atoms with Crippen molar-refractivity contribution >= 4 is 5.97 Å². The molecule has 0 aliphatic rings. The van der Waals surface area contributed by atoms with Crippen molar-refractivity contribution in [3.05, 3.63) is 65.7 Å². The smallest absolute Gasteiger partial charge is 0.422 e. The van der Waals surface area contributed by atoms with Crippen LogP contribution in [0.2, 0.25) is 0 Å². The maximum atomic E-state index is 12.4. The fraction of sp³-hybridized carbons (Fsp3) is 0.346. The standard InChI is InChI=1S/C26H24F6O6/c1-18(35-12-10-24(33)34)20-6-8-21(9-7-20)36-11-4-2-3-5-19-13-22(37-16-25(27,28)29)15-23(14-19)38-17-26(30,31)32/h2,4,6-9,13-15,18H,10-12,16-17H2,1H3,(H,33,34)/b4-2+/t18-/m0/s1. The molecule has 1 atom stereocenters. The van der Waals surface area contributed by atoms with E-state index in [4.69, 9.17) is 14.6 Å². The quantitative estimate of drug-likeness (QED) is 0.256. The first kappa shape index (κ1) is 30.4. The zero-order valence-corrected chi connectivity index (χ0v) is 20.1. The van der Waals surface area contributed by atoms with Crippen molar-refractivity contribution in [1.29, 1.82) is 0 Å². The second kappa shape index (κ2) is 14.2. The fourth-order valence-electron chi connectivity index (χ4n) is 2.77. The predicted molar refractivity (Wildman–Crippen MR) is 124 cm³/mol. The van der Waals surface area contributed by atoms with Crippen molar-refractivity contribution in [2.45, 2.75) is 31.8 Å². The van der Waals surface area contributed by atoms with Crippen LogP contribution in [0, 0.1) is 11.8 Å². The third-order valence-corrected chi connectivity index (χ3v) is 4.48. The molecule has 0 radical (unpaired) electrons. The maximum absolute atomic E-state index is 12.4. The number of hydrogen-bond acceptors (Lipinski definition) is 5. The summed E-state index contributed by atoms with van der Waals surface area (Å²) in [6, 6.07) is 10.2. The molecule has 0 amide bonds. The van der Waals surface area contributed by atoms with E-state index in [0.29, 0.717) is 5.75 Å². The molecule has 2 rings (SSSR count). The predicted octanol–water partition coefficient (Wildman–Crippen LogP) is 6.11. The number of carbonyl (C=O) groups is 1. The zero-order valence-electron chi connectivity index (χ0n) is 20.1. The summed E-state index contributed by atoms with van der Waals surface area (Å²) in [5.41, 5.74) is 0.923. The number of carboxylic acids is 1. The Morgan fingerprint density at radius 3 is 2.03 bits per heavy atom. The molecular formula is C26H24F6O6. The molecule has 0 bridgehead atoms. The highest BCUT2D eigenvalue weighted by Gasteiger charge is 2.30. The molecule has 38 heavy (non-hydrogen) atoms. The van der Waals surface area contributed by atoms with Gasteiger partial charge in [0.05, 0.1) is 19.1 Å². The number of ether oxygens (including phenoxy) is 4. The van der Waals surface area contributed by atoms with Crippen molar-refractivity contribution in [3.8, 4) is 29.1 Å². The summed E-state index contributed by atoms with van der Waals surface area (Å²) >= 11 is 0. The van der Waals surface area contributed by atoms with Gasteiger partial charge in [0, 0.05) is 11.6 Å². The van der Waals surface area contributed by atoms with Gasteiger partial charge >= 0.3 is 18.3 Å². The van der Waals surface area contributed by atoms with Gasteiger partial charge in [-0.05, 0) is 48.9 Å². The van der Waals surface area contributed by atoms with Crippen LogP contribution in [-0.2, 0) is 9.53 Å². The summed E-state index contributed by atoms with van der Waals surface area (Å²) in [5, 5.41) is 8.65. The van der Waals surface area contributed by atoms with Gasteiger partial charge in [0.25, 0.3) is 0 Å². The molecule has 1 N–H and O–H groups in total. The molecule has 12 heteroatoms. The van der Waals surface area contributed by atoms with Crippen LogP contribution < -0.4 is 14.2 Å². The Balaban J connectivity index is 1.94. The van der Waals surface area contributed by atoms with Gasteiger partial charge in [-0.3, -0.25) is 4.79 Å². The first-order valence-electron chi connectivity index (χ1n) is 11.1. The van der Waals surface area contributed by atoms with Crippen LogP contribution in [0.25, 0.3) is 0 Å². The molecule has 0 saturated carbocycles. The Hall–Kier alpha value is -3.85. The molecule has 2 aromatic rings. The molecule has 0 aliphatic heterocycles. The molecule has 0 aromatic heterocycles. The second-order valence-corrected chi connectivity index (χ2v) is 7.71. The number of allylic oxidation sites excluding steroid dienone is 1. The lowest BCUT2D eigenvalue weighted by atomic mass is 10.1. The first-order chi connectivity index (χ1) is 17.8. The van der Waals surface area contributed by atoms with Crippen molar-refractivity contribution in [2.24, 2.45) is 0 Å². The van der Waals surface area contributed by atoms with E-state index in [9.17, 15) is 31.1 Å². The Kier molecular flexibility index (Phi) is 11.3. The molecule has 0 fully saturated rings. The summed E-state index contributed by atoms with van der Waals surface area (Å²) in [5.74, 6) is 4.13. The van der Waals surface area contributed by atoms with Crippen LogP contribution in [0.1, 0.15) is 30.6 Å². The topological polar surface area (TPSA) is 74.2 Å². The summed E-state index contributed by atoms with van der Waals surface area (Å²) in [6.45, 7) is -1.24. The SMILES string of the molecule is C[C@H](OCCC(=O)O)c1ccc(OC/C=C/C#Cc2cc(OCC(F)(F)F)cc(OCC(F)(F)F)c2)cc1. The van der Waals surface area contributed by atoms with Gasteiger partial charge < -0.3 is 24.1 Å². The monoisotopic (exact) mass is 546 g/mol. The maximum Gasteiger partial charge on any atom is 0.422 e. The Morgan fingerprint density at radius 1 is 0.921 bits per heavy atom. The van der Waals surface area contributed by atoms with Gasteiger partial charge in [0.2, 0.25) is 0 Å². The van der Waals surface area contributed by atoms with E-state index >= 15 is 0 Å². The van der Waals surface area contributed by atoms with Crippen LogP contribution in [0.3, 0.4) is 0 Å². The fourth-order valence-corrected chi connectivity index (χ4v) is 2.77. The lowest BCUT2D eigenvalue weighted by Crippen LogP contribution is -2.20. The minimum Gasteiger partial charge on any atom is -0.490 e. The summed E-state index contributed by atoms with van der Waals surface area (Å²) in [6.07, 6.45) is -6.69. The number of halogens is 6. The first-order valence-corrected chi connectivity index (χ1v) is 11.1. The Bertz CT molecular complexity index is 1090. The van der Waals surface area contributed by atoms with Crippen LogP contribution in [0.15, 0.2) is 54.6 Å². The zero-order chi connectivity index (χ0) is 28.2. The molecule has 2 aromatic carbocycles. The average Bonchev–Trinajstić information content (AvgIpc) is 2.83. The van der Waals surface area contributed by atoms with Crippen molar-refractivity contribution < 1.29 is 55.2 Å². The number of carboxylic acid groups (broad SMARTS) is 1. The van der Waals surface area contributed by atoms with Gasteiger partial charge in [0.15, 0.2) is 13.2 Å². The highest BCUT2D eigenvalue weighted by atomic mass is 19.4. The van der Waals surface area contributed by atoms with Crippen molar-refractivity contribution in [1.82, 2.24) is 0 Å². The third kappa shape index (κ3) is 12.9. The normalized spacial score (nSPS) is 12.5. The molecule has 0 heterocycles. The van der Waals surface area contributed by atoms with Crippen LogP contribution in [0.5, 0.6) is 17.2 Å². The second-order valence-electron chi connectivity index (χ2n) is 7.71. The molecule has 0 unspecified atom stereocenters. The number of hydrogen-bond donors (Lipinski definition) is 1. The number of rotatable bonds is 12. The van der Waals surface area contributed by atoms with Gasteiger partial charge in [-0.25, -0.2) is 0 Å². The van der Waals surface area contributed by atoms with E-state index in [-0.39, 0.29) is 42.8 Å². The number of benzene rings is 2. The van der Waals surface area contributed by atoms with E-state index in [2.05, 4.69) is 21.3 Å². The molecule has 0 saturated heterocycles. The lowest BCUT2D eigenvalue weighted by molar-refractivity contribution is -0.154. The largest absolute Gasteiger partial charge is 0.490 e. The van der Waals surface area contributed by atoms with Crippen LogP contribution >= 0.6 is 0 Å². The third-order valence-electron chi connectivity index (χ3n) is 4.48. The van der Waals surface area contributed by atoms with Gasteiger partial charge in [-0.15, -0.1) is 0 Å². The van der Waals surface area contributed by atoms with Crippen molar-refractivity contribution in [3.63, 3.8) is 0 Å². The van der Waals surface area contributed by atoms with Gasteiger partial charge in [0.1, 0.15) is 23.9 Å². The molecule has 0 aliphatic carbocycles. The van der Waals surface area contributed by atoms with Crippen LogP contribution in [-0.4, -0.2) is 49.9 Å². The van der Waals surface area contributed by atoms with E-state index in [1.165, 1.54) is 6.08 Å². The molecule has 206 valence electrons. The lowest BCUT2D eigenvalue weighted by Gasteiger charge is -2.13.